The second-order valence-corrected chi connectivity index (χ2v) is 5.15. The molecule has 2 rings (SSSR count). The standard InChI is InChI=1S/C16H21N3O/c1-4-12-7-5-6-8-13(12)10-17-14-9-15(20)19-16(18-14)11(2)3/h5-9,11H,4,10H2,1-3H3,(H2,17,18,19,20). The van der Waals surface area contributed by atoms with Gasteiger partial charge in [-0.25, -0.2) is 4.98 Å². The summed E-state index contributed by atoms with van der Waals surface area (Å²) in [5.74, 6) is 1.54. The molecule has 106 valence electrons. The van der Waals surface area contributed by atoms with E-state index in [1.54, 1.807) is 0 Å². The van der Waals surface area contributed by atoms with Crippen LogP contribution in [0.5, 0.6) is 0 Å². The highest BCUT2D eigenvalue weighted by molar-refractivity contribution is 5.37. The summed E-state index contributed by atoms with van der Waals surface area (Å²) in [6.45, 7) is 6.84. The summed E-state index contributed by atoms with van der Waals surface area (Å²) in [5.41, 5.74) is 2.44. The second-order valence-electron chi connectivity index (χ2n) is 5.15. The molecular weight excluding hydrogens is 250 g/mol. The van der Waals surface area contributed by atoms with Gasteiger partial charge in [-0.2, -0.15) is 0 Å². The molecule has 0 fully saturated rings. The molecule has 0 saturated carbocycles. The van der Waals surface area contributed by atoms with E-state index in [-0.39, 0.29) is 11.5 Å². The molecule has 1 aromatic heterocycles. The van der Waals surface area contributed by atoms with Gasteiger partial charge in [-0.15, -0.1) is 0 Å². The Morgan fingerprint density at radius 2 is 1.95 bits per heavy atom. The molecule has 0 bridgehead atoms. The quantitative estimate of drug-likeness (QED) is 0.878. The SMILES string of the molecule is CCc1ccccc1CNc1cc(=O)[nH]c(C(C)C)n1. The topological polar surface area (TPSA) is 57.8 Å². The summed E-state index contributed by atoms with van der Waals surface area (Å²) < 4.78 is 0. The predicted molar refractivity (Wildman–Crippen MR) is 82.1 cm³/mol. The van der Waals surface area contributed by atoms with Gasteiger partial charge in [-0.1, -0.05) is 45.0 Å². The van der Waals surface area contributed by atoms with Crippen LogP contribution >= 0.6 is 0 Å². The molecule has 0 aliphatic carbocycles. The van der Waals surface area contributed by atoms with Gasteiger partial charge in [-0.3, -0.25) is 4.79 Å². The average Bonchev–Trinajstić information content (AvgIpc) is 2.44. The highest BCUT2D eigenvalue weighted by atomic mass is 16.1. The molecular formula is C16H21N3O. The minimum atomic E-state index is -0.116. The first-order chi connectivity index (χ1) is 9.60. The number of nitrogens with zero attached hydrogens (tertiary/aromatic N) is 1. The van der Waals surface area contributed by atoms with Crippen LogP contribution in [-0.2, 0) is 13.0 Å². The first-order valence-electron chi connectivity index (χ1n) is 7.02. The van der Waals surface area contributed by atoms with Crippen LogP contribution in [0.25, 0.3) is 0 Å². The van der Waals surface area contributed by atoms with Crippen molar-refractivity contribution in [2.24, 2.45) is 0 Å². The van der Waals surface area contributed by atoms with E-state index in [4.69, 9.17) is 0 Å². The third-order valence-corrected chi connectivity index (χ3v) is 3.27. The molecule has 0 aliphatic heterocycles. The Morgan fingerprint density at radius 3 is 2.60 bits per heavy atom. The lowest BCUT2D eigenvalue weighted by Crippen LogP contribution is -2.14. The van der Waals surface area contributed by atoms with E-state index < -0.39 is 0 Å². The van der Waals surface area contributed by atoms with Crippen molar-refractivity contribution in [2.75, 3.05) is 5.32 Å². The molecule has 20 heavy (non-hydrogen) atoms. The highest BCUT2D eigenvalue weighted by Crippen LogP contribution is 2.13. The van der Waals surface area contributed by atoms with Gasteiger partial charge in [0.2, 0.25) is 0 Å². The van der Waals surface area contributed by atoms with Crippen LogP contribution in [0, 0.1) is 0 Å². The van der Waals surface area contributed by atoms with E-state index in [2.05, 4.69) is 34.3 Å². The van der Waals surface area contributed by atoms with Crippen molar-refractivity contribution in [3.8, 4) is 0 Å². The molecule has 0 saturated heterocycles. The smallest absolute Gasteiger partial charge is 0.252 e. The molecule has 0 radical (unpaired) electrons. The Morgan fingerprint density at radius 1 is 1.25 bits per heavy atom. The van der Waals surface area contributed by atoms with Crippen LogP contribution in [0.15, 0.2) is 35.1 Å². The van der Waals surface area contributed by atoms with Gasteiger partial charge in [0.05, 0.1) is 0 Å². The van der Waals surface area contributed by atoms with Crippen LogP contribution in [-0.4, -0.2) is 9.97 Å². The predicted octanol–water partition coefficient (Wildman–Crippen LogP) is 3.07. The minimum absolute atomic E-state index is 0.116. The number of hydrogen-bond acceptors (Lipinski definition) is 3. The Hall–Kier alpha value is -2.10. The van der Waals surface area contributed by atoms with E-state index in [1.165, 1.54) is 17.2 Å². The zero-order valence-corrected chi connectivity index (χ0v) is 12.2. The lowest BCUT2D eigenvalue weighted by atomic mass is 10.1. The van der Waals surface area contributed by atoms with E-state index in [0.717, 1.165) is 6.42 Å². The molecule has 2 N–H and O–H groups in total. The van der Waals surface area contributed by atoms with Crippen molar-refractivity contribution >= 4 is 5.82 Å². The van der Waals surface area contributed by atoms with Crippen LogP contribution in [0.2, 0.25) is 0 Å². The fourth-order valence-electron chi connectivity index (χ4n) is 2.10. The summed E-state index contributed by atoms with van der Waals surface area (Å²) in [6, 6.07) is 9.80. The molecule has 4 heteroatoms. The number of rotatable bonds is 5. The first-order valence-corrected chi connectivity index (χ1v) is 7.02. The summed E-state index contributed by atoms with van der Waals surface area (Å²) in [6.07, 6.45) is 0.998. The number of aromatic amines is 1. The second kappa shape index (κ2) is 6.37. The van der Waals surface area contributed by atoms with Crippen LogP contribution in [0.1, 0.15) is 43.6 Å². The minimum Gasteiger partial charge on any atom is -0.366 e. The van der Waals surface area contributed by atoms with E-state index in [1.807, 2.05) is 26.0 Å². The first kappa shape index (κ1) is 14.3. The summed E-state index contributed by atoms with van der Waals surface area (Å²) in [7, 11) is 0. The summed E-state index contributed by atoms with van der Waals surface area (Å²) >= 11 is 0. The van der Waals surface area contributed by atoms with Crippen molar-refractivity contribution in [1.82, 2.24) is 9.97 Å². The normalized spacial score (nSPS) is 10.8. The molecule has 0 atom stereocenters. The zero-order valence-electron chi connectivity index (χ0n) is 12.2. The van der Waals surface area contributed by atoms with Crippen molar-refractivity contribution < 1.29 is 0 Å². The van der Waals surface area contributed by atoms with Crippen LogP contribution in [0.4, 0.5) is 5.82 Å². The van der Waals surface area contributed by atoms with Crippen molar-refractivity contribution in [3.63, 3.8) is 0 Å². The molecule has 1 heterocycles. The van der Waals surface area contributed by atoms with Gasteiger partial charge in [0.1, 0.15) is 11.6 Å². The summed E-state index contributed by atoms with van der Waals surface area (Å²) in [4.78, 5) is 18.8. The molecule has 2 aromatic rings. The fraction of sp³-hybridized carbons (Fsp3) is 0.375. The molecule has 0 aliphatic rings. The number of anilines is 1. The molecule has 0 unspecified atom stereocenters. The number of aryl methyl sites for hydroxylation is 1. The average molecular weight is 271 g/mol. The Kier molecular flexibility index (Phi) is 4.56. The van der Waals surface area contributed by atoms with E-state index in [9.17, 15) is 4.79 Å². The Bertz CT molecular complexity index is 632. The number of benzene rings is 1. The zero-order chi connectivity index (χ0) is 14.5. The maximum atomic E-state index is 11.6. The Labute approximate surface area is 119 Å². The maximum absolute atomic E-state index is 11.6. The lowest BCUT2D eigenvalue weighted by molar-refractivity contribution is 0.766. The van der Waals surface area contributed by atoms with Gasteiger partial charge < -0.3 is 10.3 Å². The van der Waals surface area contributed by atoms with Crippen molar-refractivity contribution in [1.29, 1.82) is 0 Å². The van der Waals surface area contributed by atoms with E-state index in [0.29, 0.717) is 18.2 Å². The third-order valence-electron chi connectivity index (χ3n) is 3.27. The van der Waals surface area contributed by atoms with Crippen molar-refractivity contribution in [2.45, 2.75) is 39.7 Å². The van der Waals surface area contributed by atoms with Gasteiger partial charge in [0.25, 0.3) is 5.56 Å². The number of nitrogens with one attached hydrogen (secondary N) is 2. The molecule has 0 amide bonds. The van der Waals surface area contributed by atoms with Gasteiger partial charge in [-0.05, 0) is 17.5 Å². The monoisotopic (exact) mass is 271 g/mol. The molecule has 1 aromatic carbocycles. The van der Waals surface area contributed by atoms with Gasteiger partial charge >= 0.3 is 0 Å². The summed E-state index contributed by atoms with van der Waals surface area (Å²) in [5, 5.41) is 3.24. The molecule has 4 nitrogen and oxygen atoms in total. The third kappa shape index (κ3) is 3.47. The van der Waals surface area contributed by atoms with Crippen molar-refractivity contribution in [3.05, 3.63) is 57.6 Å². The van der Waals surface area contributed by atoms with E-state index >= 15 is 0 Å². The maximum Gasteiger partial charge on any atom is 0.252 e. The van der Waals surface area contributed by atoms with Crippen LogP contribution < -0.4 is 10.9 Å². The number of aromatic nitrogens is 2. The fourth-order valence-corrected chi connectivity index (χ4v) is 2.10. The lowest BCUT2D eigenvalue weighted by Gasteiger charge is -2.11. The van der Waals surface area contributed by atoms with Crippen LogP contribution in [0.3, 0.4) is 0 Å². The van der Waals surface area contributed by atoms with Gasteiger partial charge in [0.15, 0.2) is 0 Å². The number of H-pyrrole nitrogens is 1. The Balaban J connectivity index is 2.16. The number of hydrogen-bond donors (Lipinski definition) is 2. The highest BCUT2D eigenvalue weighted by Gasteiger charge is 2.06. The molecule has 0 spiro atoms. The largest absolute Gasteiger partial charge is 0.366 e. The van der Waals surface area contributed by atoms with Gasteiger partial charge in [0, 0.05) is 18.5 Å².